The second kappa shape index (κ2) is 11.7. The number of piperazine rings is 1. The fourth-order valence-corrected chi connectivity index (χ4v) is 7.30. The first-order valence-corrected chi connectivity index (χ1v) is 17.6. The van der Waals surface area contributed by atoms with E-state index in [4.69, 9.17) is 14.0 Å². The van der Waals surface area contributed by atoms with Crippen LogP contribution in [0.2, 0.25) is 0 Å². The van der Waals surface area contributed by atoms with E-state index in [-0.39, 0.29) is 11.0 Å². The van der Waals surface area contributed by atoms with Gasteiger partial charge in [0.15, 0.2) is 0 Å². The van der Waals surface area contributed by atoms with Crippen molar-refractivity contribution in [2.45, 2.75) is 77.1 Å². The Hall–Kier alpha value is -3.80. The van der Waals surface area contributed by atoms with Gasteiger partial charge in [0.2, 0.25) is 0 Å². The van der Waals surface area contributed by atoms with Gasteiger partial charge in [-0.25, -0.2) is 17.2 Å². The number of hydrogen-bond acceptors (Lipinski definition) is 7. The Bertz CT molecular complexity index is 1890. The first kappa shape index (κ1) is 33.1. The van der Waals surface area contributed by atoms with Crippen LogP contribution in [-0.2, 0) is 24.1 Å². The predicted molar refractivity (Wildman–Crippen MR) is 187 cm³/mol. The van der Waals surface area contributed by atoms with Crippen molar-refractivity contribution < 1.29 is 27.3 Å². The van der Waals surface area contributed by atoms with Crippen LogP contribution in [0.5, 0.6) is 0 Å². The second-order valence-electron chi connectivity index (χ2n) is 14.5. The summed E-state index contributed by atoms with van der Waals surface area (Å²) < 4.78 is 47.6. The van der Waals surface area contributed by atoms with Crippen LogP contribution in [0.4, 0.5) is 10.5 Å². The van der Waals surface area contributed by atoms with Gasteiger partial charge in [0.25, 0.3) is 10.0 Å². The number of hydrogen-bond donors (Lipinski definition) is 0. The molecule has 0 bridgehead atoms. The molecule has 6 rings (SSSR count). The van der Waals surface area contributed by atoms with Gasteiger partial charge in [-0.15, -0.1) is 0 Å². The van der Waals surface area contributed by atoms with Gasteiger partial charge in [-0.1, -0.05) is 35.9 Å². The number of carbonyl (C=O) groups excluding carboxylic acids is 1. The quantitative estimate of drug-likeness (QED) is 0.236. The van der Waals surface area contributed by atoms with E-state index in [9.17, 15) is 13.2 Å². The maximum Gasteiger partial charge on any atom is 0.497 e. The van der Waals surface area contributed by atoms with Gasteiger partial charge in [-0.3, -0.25) is 0 Å². The molecule has 3 heterocycles. The molecule has 248 valence electrons. The van der Waals surface area contributed by atoms with Crippen molar-refractivity contribution in [3.63, 3.8) is 0 Å². The summed E-state index contributed by atoms with van der Waals surface area (Å²) >= 11 is 0. The highest BCUT2D eigenvalue weighted by molar-refractivity contribution is 7.90. The summed E-state index contributed by atoms with van der Waals surface area (Å²) in [5, 5.41) is 0.749. The molecule has 47 heavy (non-hydrogen) atoms. The van der Waals surface area contributed by atoms with Crippen molar-refractivity contribution >= 4 is 45.3 Å². The normalized spacial score (nSPS) is 18.2. The van der Waals surface area contributed by atoms with Gasteiger partial charge in [-0.2, -0.15) is 0 Å². The highest BCUT2D eigenvalue weighted by atomic mass is 32.2. The van der Waals surface area contributed by atoms with E-state index in [2.05, 4.69) is 29.2 Å². The number of aryl methyl sites for hydroxylation is 1. The predicted octanol–water partition coefficient (Wildman–Crippen LogP) is 6.21. The van der Waals surface area contributed by atoms with E-state index in [1.807, 2.05) is 73.6 Å². The van der Waals surface area contributed by atoms with Crippen molar-refractivity contribution in [3.05, 3.63) is 78.5 Å². The van der Waals surface area contributed by atoms with E-state index >= 15 is 0 Å². The van der Waals surface area contributed by atoms with Crippen LogP contribution in [0.1, 0.15) is 54.0 Å². The fraction of sp³-hybridized carbons (Fsp3) is 0.417. The molecule has 2 aliphatic heterocycles. The summed E-state index contributed by atoms with van der Waals surface area (Å²) in [5.41, 5.74) is 3.52. The molecule has 0 aliphatic carbocycles. The number of fused-ring (bicyclic) bond motifs is 1. The molecule has 1 amide bonds. The highest BCUT2D eigenvalue weighted by Gasteiger charge is 2.52. The van der Waals surface area contributed by atoms with Gasteiger partial charge >= 0.3 is 13.2 Å². The molecule has 0 spiro atoms. The standard InChI is InChI=1S/C36H44BN3O6S/c1-25-9-16-29(17-10-25)47(42,43)40-24-31(37-45-35(5,6)36(7,8)46-37)30-23-27(13-18-32(30)40)26-11-14-28(15-12-26)38-19-21-39(22-20-38)33(41)44-34(2,3)4/h9-18,23-24H,19-22H2,1-8H3. The summed E-state index contributed by atoms with van der Waals surface area (Å²) in [6.45, 7) is 18.1. The zero-order valence-corrected chi connectivity index (χ0v) is 29.3. The Morgan fingerprint density at radius 3 is 1.98 bits per heavy atom. The lowest BCUT2D eigenvalue weighted by Gasteiger charge is -2.36. The molecule has 4 aromatic rings. The number of amides is 1. The van der Waals surface area contributed by atoms with E-state index in [1.54, 1.807) is 35.4 Å². The minimum Gasteiger partial charge on any atom is -0.444 e. The van der Waals surface area contributed by atoms with Crippen LogP contribution in [0.25, 0.3) is 22.0 Å². The van der Waals surface area contributed by atoms with Crippen molar-refractivity contribution in [3.8, 4) is 11.1 Å². The molecule has 0 unspecified atom stereocenters. The molecular weight excluding hydrogens is 613 g/mol. The number of carbonyl (C=O) groups is 1. The number of benzene rings is 3. The fourth-order valence-electron chi connectivity index (χ4n) is 5.92. The Morgan fingerprint density at radius 1 is 0.830 bits per heavy atom. The molecule has 9 nitrogen and oxygen atoms in total. The lowest BCUT2D eigenvalue weighted by molar-refractivity contribution is 0.00578. The van der Waals surface area contributed by atoms with Crippen molar-refractivity contribution in [2.24, 2.45) is 0 Å². The SMILES string of the molecule is Cc1ccc(S(=O)(=O)n2cc(B3OC(C)(C)C(C)(C)O3)c3cc(-c4ccc(N5CCN(C(=O)OC(C)(C)C)CC5)cc4)ccc32)cc1. The second-order valence-corrected chi connectivity index (χ2v) is 16.3. The van der Waals surface area contributed by atoms with Gasteiger partial charge in [0.05, 0.1) is 21.6 Å². The van der Waals surface area contributed by atoms with Crippen LogP contribution in [0.15, 0.2) is 77.8 Å². The molecular formula is C36H44BN3O6S. The Labute approximate surface area is 278 Å². The molecule has 0 atom stereocenters. The summed E-state index contributed by atoms with van der Waals surface area (Å²) in [7, 11) is -4.64. The number of anilines is 1. The third-order valence-corrected chi connectivity index (χ3v) is 11.1. The van der Waals surface area contributed by atoms with Gasteiger partial charge in [0, 0.05) is 48.9 Å². The molecule has 2 fully saturated rings. The van der Waals surface area contributed by atoms with Crippen LogP contribution in [0, 0.1) is 6.92 Å². The lowest BCUT2D eigenvalue weighted by atomic mass is 9.78. The number of aromatic nitrogens is 1. The average molecular weight is 658 g/mol. The summed E-state index contributed by atoms with van der Waals surface area (Å²) in [4.78, 5) is 16.7. The topological polar surface area (TPSA) is 90.3 Å². The number of nitrogens with zero attached hydrogens (tertiary/aromatic N) is 3. The zero-order chi connectivity index (χ0) is 33.9. The largest absolute Gasteiger partial charge is 0.497 e. The molecule has 0 saturated carbocycles. The van der Waals surface area contributed by atoms with Crippen molar-refractivity contribution in [1.29, 1.82) is 0 Å². The van der Waals surface area contributed by atoms with E-state index in [0.717, 1.165) is 27.8 Å². The van der Waals surface area contributed by atoms with E-state index in [0.29, 0.717) is 37.2 Å². The number of ether oxygens (including phenoxy) is 1. The third-order valence-electron chi connectivity index (χ3n) is 9.38. The van der Waals surface area contributed by atoms with Crippen LogP contribution >= 0.6 is 0 Å². The minimum absolute atomic E-state index is 0.215. The molecule has 2 saturated heterocycles. The molecule has 3 aromatic carbocycles. The minimum atomic E-state index is -3.90. The monoisotopic (exact) mass is 657 g/mol. The maximum absolute atomic E-state index is 14.0. The Kier molecular flexibility index (Phi) is 8.26. The summed E-state index contributed by atoms with van der Waals surface area (Å²) in [5.74, 6) is 0. The van der Waals surface area contributed by atoms with Gasteiger partial charge in [-0.05, 0) is 103 Å². The van der Waals surface area contributed by atoms with Crippen molar-refractivity contribution in [1.82, 2.24) is 8.87 Å². The van der Waals surface area contributed by atoms with Crippen LogP contribution in [-0.4, -0.2) is 73.5 Å². The van der Waals surface area contributed by atoms with Gasteiger partial charge in [0.1, 0.15) is 5.60 Å². The van der Waals surface area contributed by atoms with E-state index < -0.39 is 33.9 Å². The Morgan fingerprint density at radius 2 is 1.40 bits per heavy atom. The Balaban J connectivity index is 1.31. The average Bonchev–Trinajstić information content (AvgIpc) is 3.50. The molecule has 11 heteroatoms. The first-order chi connectivity index (χ1) is 21.9. The van der Waals surface area contributed by atoms with Crippen molar-refractivity contribution in [2.75, 3.05) is 31.1 Å². The zero-order valence-electron chi connectivity index (χ0n) is 28.5. The molecule has 0 radical (unpaired) electrons. The highest BCUT2D eigenvalue weighted by Crippen LogP contribution is 2.38. The summed E-state index contributed by atoms with van der Waals surface area (Å²) in [6.07, 6.45) is 1.37. The van der Waals surface area contributed by atoms with Crippen LogP contribution in [0.3, 0.4) is 0 Å². The van der Waals surface area contributed by atoms with Gasteiger partial charge < -0.3 is 23.8 Å². The first-order valence-electron chi connectivity index (χ1n) is 16.1. The smallest absolute Gasteiger partial charge is 0.444 e. The molecule has 2 aliphatic rings. The summed E-state index contributed by atoms with van der Waals surface area (Å²) in [6, 6.07) is 21.0. The third kappa shape index (κ3) is 6.41. The van der Waals surface area contributed by atoms with E-state index in [1.165, 1.54) is 3.97 Å². The molecule has 1 aromatic heterocycles. The molecule has 0 N–H and O–H groups in total. The number of rotatable bonds is 5. The van der Waals surface area contributed by atoms with Crippen LogP contribution < -0.4 is 10.4 Å². The lowest BCUT2D eigenvalue weighted by Crippen LogP contribution is -2.50. The maximum atomic E-state index is 14.0.